The molecule has 0 aliphatic heterocycles. The number of amides is 1. The number of nitrogen functional groups attached to an aromatic ring is 1. The van der Waals surface area contributed by atoms with Crippen molar-refractivity contribution in [1.82, 2.24) is 4.90 Å². The van der Waals surface area contributed by atoms with E-state index >= 15 is 0 Å². The van der Waals surface area contributed by atoms with Gasteiger partial charge in [0.25, 0.3) is 0 Å². The van der Waals surface area contributed by atoms with Crippen LogP contribution in [-0.4, -0.2) is 37.8 Å². The van der Waals surface area contributed by atoms with Gasteiger partial charge in [-0.2, -0.15) is 0 Å². The van der Waals surface area contributed by atoms with Crippen LogP contribution in [0, 0.1) is 0 Å². The molecule has 2 N–H and O–H groups in total. The van der Waals surface area contributed by atoms with Crippen molar-refractivity contribution in [2.45, 2.75) is 5.75 Å². The fourth-order valence-electron chi connectivity index (χ4n) is 1.26. The van der Waals surface area contributed by atoms with Crippen molar-refractivity contribution >= 4 is 23.4 Å². The number of nitrogens with two attached hydrogens (primary N) is 1. The summed E-state index contributed by atoms with van der Waals surface area (Å²) in [5.41, 5.74) is 7.53. The summed E-state index contributed by atoms with van der Waals surface area (Å²) in [6.07, 6.45) is 0. The van der Waals surface area contributed by atoms with Gasteiger partial charge in [0.2, 0.25) is 5.91 Å². The van der Waals surface area contributed by atoms with Crippen LogP contribution in [0.5, 0.6) is 5.75 Å². The Morgan fingerprint density at radius 3 is 2.71 bits per heavy atom. The Balaban J connectivity index is 2.47. The number of carbonyl (C=O) groups is 1. The van der Waals surface area contributed by atoms with Crippen LogP contribution in [0.1, 0.15) is 5.56 Å². The fourth-order valence-corrected chi connectivity index (χ4v) is 2.21. The summed E-state index contributed by atoms with van der Waals surface area (Å²) in [6, 6.07) is 5.69. The van der Waals surface area contributed by atoms with Gasteiger partial charge in [-0.3, -0.25) is 4.79 Å². The number of methoxy groups -OCH3 is 1. The van der Waals surface area contributed by atoms with E-state index in [0.717, 1.165) is 11.3 Å². The van der Waals surface area contributed by atoms with E-state index in [1.165, 1.54) is 0 Å². The number of thioether (sulfide) groups is 1. The highest BCUT2D eigenvalue weighted by atomic mass is 32.2. The molecule has 0 spiro atoms. The van der Waals surface area contributed by atoms with E-state index in [1.54, 1.807) is 37.9 Å². The molecule has 17 heavy (non-hydrogen) atoms. The van der Waals surface area contributed by atoms with Gasteiger partial charge in [0.15, 0.2) is 0 Å². The molecule has 1 aromatic rings. The number of nitrogens with zero attached hydrogens (tertiary/aromatic N) is 1. The molecule has 0 heterocycles. The van der Waals surface area contributed by atoms with Crippen molar-refractivity contribution < 1.29 is 9.53 Å². The van der Waals surface area contributed by atoms with Crippen LogP contribution in [0.15, 0.2) is 18.2 Å². The standard InChI is InChI=1S/C12H18N2O2S/c1-14(2)12(15)8-17-7-9-4-5-11(16-3)10(13)6-9/h4-6H,7-8,13H2,1-3H3. The molecular weight excluding hydrogens is 236 g/mol. The lowest BCUT2D eigenvalue weighted by Gasteiger charge is -2.10. The van der Waals surface area contributed by atoms with E-state index in [9.17, 15) is 4.79 Å². The first-order valence-corrected chi connectivity index (χ1v) is 6.40. The Hall–Kier alpha value is -1.36. The summed E-state index contributed by atoms with van der Waals surface area (Å²) in [4.78, 5) is 13.0. The van der Waals surface area contributed by atoms with E-state index in [1.807, 2.05) is 18.2 Å². The Morgan fingerprint density at radius 1 is 1.47 bits per heavy atom. The third-order valence-electron chi connectivity index (χ3n) is 2.29. The topological polar surface area (TPSA) is 55.6 Å². The van der Waals surface area contributed by atoms with Crippen molar-refractivity contribution in [2.24, 2.45) is 0 Å². The van der Waals surface area contributed by atoms with E-state index in [2.05, 4.69) is 0 Å². The van der Waals surface area contributed by atoms with Gasteiger partial charge in [-0.15, -0.1) is 11.8 Å². The minimum absolute atomic E-state index is 0.122. The van der Waals surface area contributed by atoms with E-state index in [4.69, 9.17) is 10.5 Å². The Morgan fingerprint density at radius 2 is 2.18 bits per heavy atom. The predicted octanol–water partition coefficient (Wildman–Crippen LogP) is 1.60. The lowest BCUT2D eigenvalue weighted by Crippen LogP contribution is -2.23. The highest BCUT2D eigenvalue weighted by molar-refractivity contribution is 7.99. The normalized spacial score (nSPS) is 10.1. The number of hydrogen-bond donors (Lipinski definition) is 1. The summed E-state index contributed by atoms with van der Waals surface area (Å²) in [7, 11) is 5.11. The van der Waals surface area contributed by atoms with Gasteiger partial charge in [-0.1, -0.05) is 6.07 Å². The minimum Gasteiger partial charge on any atom is -0.495 e. The smallest absolute Gasteiger partial charge is 0.232 e. The zero-order chi connectivity index (χ0) is 12.8. The maximum atomic E-state index is 11.4. The molecule has 1 aromatic carbocycles. The van der Waals surface area contributed by atoms with Gasteiger partial charge in [0.05, 0.1) is 18.6 Å². The minimum atomic E-state index is 0.122. The molecular formula is C12H18N2O2S. The maximum Gasteiger partial charge on any atom is 0.232 e. The summed E-state index contributed by atoms with van der Waals surface area (Å²) >= 11 is 1.58. The van der Waals surface area contributed by atoms with Gasteiger partial charge in [0, 0.05) is 19.8 Å². The quantitative estimate of drug-likeness (QED) is 0.811. The molecule has 0 aliphatic rings. The van der Waals surface area contributed by atoms with Crippen LogP contribution in [0.3, 0.4) is 0 Å². The van der Waals surface area contributed by atoms with Gasteiger partial charge in [-0.05, 0) is 17.7 Å². The Bertz CT molecular complexity index is 394. The van der Waals surface area contributed by atoms with Crippen LogP contribution in [-0.2, 0) is 10.5 Å². The van der Waals surface area contributed by atoms with Gasteiger partial charge in [0.1, 0.15) is 5.75 Å². The van der Waals surface area contributed by atoms with E-state index in [0.29, 0.717) is 17.2 Å². The van der Waals surface area contributed by atoms with Crippen molar-refractivity contribution in [3.63, 3.8) is 0 Å². The van der Waals surface area contributed by atoms with Gasteiger partial charge >= 0.3 is 0 Å². The molecule has 1 rings (SSSR count). The number of ether oxygens (including phenoxy) is 1. The van der Waals surface area contributed by atoms with Gasteiger partial charge in [-0.25, -0.2) is 0 Å². The molecule has 0 aromatic heterocycles. The van der Waals surface area contributed by atoms with Crippen molar-refractivity contribution in [3.05, 3.63) is 23.8 Å². The first-order valence-electron chi connectivity index (χ1n) is 5.25. The molecule has 0 radical (unpaired) electrons. The fraction of sp³-hybridized carbons (Fsp3) is 0.417. The average molecular weight is 254 g/mol. The lowest BCUT2D eigenvalue weighted by atomic mass is 10.2. The second kappa shape index (κ2) is 6.39. The zero-order valence-electron chi connectivity index (χ0n) is 10.4. The van der Waals surface area contributed by atoms with Gasteiger partial charge < -0.3 is 15.4 Å². The van der Waals surface area contributed by atoms with Crippen LogP contribution in [0.2, 0.25) is 0 Å². The molecule has 1 amide bonds. The SMILES string of the molecule is COc1ccc(CSCC(=O)N(C)C)cc1N. The van der Waals surface area contributed by atoms with Crippen LogP contribution in [0.4, 0.5) is 5.69 Å². The lowest BCUT2D eigenvalue weighted by molar-refractivity contribution is -0.125. The molecule has 0 aliphatic carbocycles. The molecule has 4 nitrogen and oxygen atoms in total. The second-order valence-corrected chi connectivity index (χ2v) is 4.84. The average Bonchev–Trinajstić information content (AvgIpc) is 2.29. The molecule has 0 atom stereocenters. The highest BCUT2D eigenvalue weighted by Gasteiger charge is 2.05. The largest absolute Gasteiger partial charge is 0.495 e. The third kappa shape index (κ3) is 4.19. The number of carbonyl (C=O) groups excluding carboxylic acids is 1. The molecule has 5 heteroatoms. The first-order chi connectivity index (χ1) is 8.04. The zero-order valence-corrected chi connectivity index (χ0v) is 11.2. The Kier molecular flexibility index (Phi) is 5.15. The molecule has 0 saturated heterocycles. The number of benzene rings is 1. The summed E-state index contributed by atoms with van der Waals surface area (Å²) in [5.74, 6) is 2.06. The Labute approximate surface area is 106 Å². The number of rotatable bonds is 5. The molecule has 0 unspecified atom stereocenters. The van der Waals surface area contributed by atoms with Crippen molar-refractivity contribution in [2.75, 3.05) is 32.7 Å². The number of anilines is 1. The molecule has 94 valence electrons. The molecule has 0 fully saturated rings. The van der Waals surface area contributed by atoms with Crippen molar-refractivity contribution in [3.8, 4) is 5.75 Å². The highest BCUT2D eigenvalue weighted by Crippen LogP contribution is 2.24. The molecule has 0 bridgehead atoms. The second-order valence-electron chi connectivity index (χ2n) is 3.86. The van der Waals surface area contributed by atoms with Crippen LogP contribution in [0.25, 0.3) is 0 Å². The summed E-state index contributed by atoms with van der Waals surface area (Å²) in [6.45, 7) is 0. The first kappa shape index (κ1) is 13.7. The summed E-state index contributed by atoms with van der Waals surface area (Å²) < 4.78 is 5.08. The van der Waals surface area contributed by atoms with E-state index in [-0.39, 0.29) is 5.91 Å². The number of hydrogen-bond acceptors (Lipinski definition) is 4. The van der Waals surface area contributed by atoms with E-state index < -0.39 is 0 Å². The predicted molar refractivity (Wildman–Crippen MR) is 72.3 cm³/mol. The van der Waals surface area contributed by atoms with Crippen molar-refractivity contribution in [1.29, 1.82) is 0 Å². The van der Waals surface area contributed by atoms with Crippen LogP contribution < -0.4 is 10.5 Å². The summed E-state index contributed by atoms with van der Waals surface area (Å²) in [5, 5.41) is 0. The molecule has 0 saturated carbocycles. The maximum absolute atomic E-state index is 11.4. The third-order valence-corrected chi connectivity index (χ3v) is 3.28. The van der Waals surface area contributed by atoms with Crippen LogP contribution >= 0.6 is 11.8 Å². The monoisotopic (exact) mass is 254 g/mol.